The van der Waals surface area contributed by atoms with Crippen LogP contribution in [0.1, 0.15) is 11.1 Å². The van der Waals surface area contributed by atoms with Gasteiger partial charge >= 0.3 is 0 Å². The van der Waals surface area contributed by atoms with Crippen molar-refractivity contribution in [2.24, 2.45) is 0 Å². The first-order valence-corrected chi connectivity index (χ1v) is 8.29. The van der Waals surface area contributed by atoms with Crippen molar-refractivity contribution in [3.05, 3.63) is 75.1 Å². The summed E-state index contributed by atoms with van der Waals surface area (Å²) in [5.74, 6) is -0.234. The van der Waals surface area contributed by atoms with Gasteiger partial charge in [-0.3, -0.25) is 14.5 Å². The first-order chi connectivity index (χ1) is 10.6. The fourth-order valence-corrected chi connectivity index (χ4v) is 3.22. The van der Waals surface area contributed by atoms with Gasteiger partial charge in [-0.05, 0) is 41.1 Å². The molecule has 2 amide bonds. The molecule has 0 aromatic heterocycles. The van der Waals surface area contributed by atoms with Crippen LogP contribution in [-0.2, 0) is 11.3 Å². The maximum atomic E-state index is 12.4. The summed E-state index contributed by atoms with van der Waals surface area (Å²) in [7, 11) is 0. The molecule has 2 aromatic carbocycles. The number of nitrogens with zero attached hydrogens (tertiary/aromatic N) is 1. The van der Waals surface area contributed by atoms with Gasteiger partial charge < -0.3 is 0 Å². The molecule has 0 unspecified atom stereocenters. The SMILES string of the molecule is O=C1SC(=Cc2ccc(Br)cc2)C(=O)N1Cc1ccccc1. The smallest absolute Gasteiger partial charge is 0.268 e. The van der Waals surface area contributed by atoms with Crippen molar-refractivity contribution in [2.75, 3.05) is 0 Å². The summed E-state index contributed by atoms with van der Waals surface area (Å²) >= 11 is 4.36. The Hall–Kier alpha value is -1.85. The minimum Gasteiger partial charge on any atom is -0.268 e. The summed E-state index contributed by atoms with van der Waals surface area (Å²) in [6.07, 6.45) is 1.75. The summed E-state index contributed by atoms with van der Waals surface area (Å²) in [4.78, 5) is 26.2. The van der Waals surface area contributed by atoms with Crippen molar-refractivity contribution in [2.45, 2.75) is 6.54 Å². The Morgan fingerprint density at radius 1 is 1.00 bits per heavy atom. The van der Waals surface area contributed by atoms with Crippen LogP contribution in [0.25, 0.3) is 6.08 Å². The van der Waals surface area contributed by atoms with Crippen molar-refractivity contribution >= 4 is 44.9 Å². The zero-order chi connectivity index (χ0) is 15.5. The van der Waals surface area contributed by atoms with Crippen molar-refractivity contribution in [1.82, 2.24) is 4.90 Å². The number of benzene rings is 2. The standard InChI is InChI=1S/C17H12BrNO2S/c18-14-8-6-12(7-9-14)10-15-16(20)19(17(21)22-15)11-13-4-2-1-3-5-13/h1-10H,11H2. The molecule has 1 fully saturated rings. The van der Waals surface area contributed by atoms with E-state index in [0.717, 1.165) is 27.4 Å². The van der Waals surface area contributed by atoms with Crippen LogP contribution >= 0.6 is 27.7 Å². The number of hydrogen-bond acceptors (Lipinski definition) is 3. The lowest BCUT2D eigenvalue weighted by Crippen LogP contribution is -2.27. The molecule has 22 heavy (non-hydrogen) atoms. The molecular weight excluding hydrogens is 362 g/mol. The number of halogens is 1. The molecule has 0 radical (unpaired) electrons. The van der Waals surface area contributed by atoms with E-state index in [9.17, 15) is 9.59 Å². The number of hydrogen-bond donors (Lipinski definition) is 0. The van der Waals surface area contributed by atoms with Gasteiger partial charge in [0.15, 0.2) is 0 Å². The summed E-state index contributed by atoms with van der Waals surface area (Å²) in [5.41, 5.74) is 1.84. The highest BCUT2D eigenvalue weighted by atomic mass is 79.9. The van der Waals surface area contributed by atoms with Gasteiger partial charge in [-0.2, -0.15) is 0 Å². The number of amides is 2. The molecule has 2 aromatic rings. The fraction of sp³-hybridized carbons (Fsp3) is 0.0588. The highest BCUT2D eigenvalue weighted by molar-refractivity contribution is 9.10. The lowest BCUT2D eigenvalue weighted by atomic mass is 10.2. The molecule has 3 rings (SSSR count). The Morgan fingerprint density at radius 3 is 2.36 bits per heavy atom. The zero-order valence-corrected chi connectivity index (χ0v) is 13.9. The van der Waals surface area contributed by atoms with Crippen LogP contribution in [0.4, 0.5) is 4.79 Å². The van der Waals surface area contributed by atoms with Gasteiger partial charge in [0.05, 0.1) is 11.4 Å². The fourth-order valence-electron chi connectivity index (χ4n) is 2.11. The highest BCUT2D eigenvalue weighted by Gasteiger charge is 2.34. The van der Waals surface area contributed by atoms with E-state index < -0.39 is 0 Å². The van der Waals surface area contributed by atoms with E-state index in [0.29, 0.717) is 11.4 Å². The second-order valence-corrected chi connectivity index (χ2v) is 6.71. The first kappa shape index (κ1) is 15.1. The molecule has 0 saturated carbocycles. The van der Waals surface area contributed by atoms with Crippen LogP contribution in [0.15, 0.2) is 64.0 Å². The van der Waals surface area contributed by atoms with E-state index in [-0.39, 0.29) is 11.1 Å². The van der Waals surface area contributed by atoms with Crippen molar-refractivity contribution < 1.29 is 9.59 Å². The van der Waals surface area contributed by atoms with Crippen LogP contribution < -0.4 is 0 Å². The minimum absolute atomic E-state index is 0.225. The third-order valence-electron chi connectivity index (χ3n) is 3.22. The number of carbonyl (C=O) groups is 2. The Kier molecular flexibility index (Phi) is 4.45. The van der Waals surface area contributed by atoms with Gasteiger partial charge in [-0.1, -0.05) is 58.4 Å². The van der Waals surface area contributed by atoms with Crippen LogP contribution in [0.2, 0.25) is 0 Å². The second kappa shape index (κ2) is 6.50. The number of imide groups is 1. The van der Waals surface area contributed by atoms with Gasteiger partial charge in [-0.15, -0.1) is 0 Å². The molecule has 0 bridgehead atoms. The quantitative estimate of drug-likeness (QED) is 0.732. The molecule has 110 valence electrons. The molecule has 1 heterocycles. The monoisotopic (exact) mass is 373 g/mol. The predicted octanol–water partition coefficient (Wildman–Crippen LogP) is 4.69. The van der Waals surface area contributed by atoms with Crippen molar-refractivity contribution in [1.29, 1.82) is 0 Å². The molecule has 1 saturated heterocycles. The molecule has 1 aliphatic rings. The molecule has 0 atom stereocenters. The topological polar surface area (TPSA) is 37.4 Å². The number of rotatable bonds is 3. The average molecular weight is 374 g/mol. The third kappa shape index (κ3) is 3.31. The molecular formula is C17H12BrNO2S. The van der Waals surface area contributed by atoms with Crippen LogP contribution in [0, 0.1) is 0 Å². The largest absolute Gasteiger partial charge is 0.293 e. The van der Waals surface area contributed by atoms with E-state index in [1.807, 2.05) is 54.6 Å². The molecule has 0 N–H and O–H groups in total. The van der Waals surface area contributed by atoms with Crippen LogP contribution in [0.5, 0.6) is 0 Å². The normalized spacial score (nSPS) is 16.6. The molecule has 0 aliphatic carbocycles. The second-order valence-electron chi connectivity index (χ2n) is 4.81. The lowest BCUT2D eigenvalue weighted by Gasteiger charge is -2.12. The van der Waals surface area contributed by atoms with Gasteiger partial charge in [0.1, 0.15) is 0 Å². The molecule has 5 heteroatoms. The Morgan fingerprint density at radius 2 is 1.68 bits per heavy atom. The van der Waals surface area contributed by atoms with Gasteiger partial charge in [0.2, 0.25) is 0 Å². The maximum absolute atomic E-state index is 12.4. The molecule has 3 nitrogen and oxygen atoms in total. The van der Waals surface area contributed by atoms with Crippen molar-refractivity contribution in [3.63, 3.8) is 0 Å². The van der Waals surface area contributed by atoms with Gasteiger partial charge in [0.25, 0.3) is 11.1 Å². The summed E-state index contributed by atoms with van der Waals surface area (Å²) in [5, 5.41) is -0.225. The Balaban J connectivity index is 1.80. The lowest BCUT2D eigenvalue weighted by molar-refractivity contribution is -0.123. The maximum Gasteiger partial charge on any atom is 0.293 e. The van der Waals surface area contributed by atoms with E-state index in [1.54, 1.807) is 6.08 Å². The summed E-state index contributed by atoms with van der Waals surface area (Å²) < 4.78 is 0.974. The van der Waals surface area contributed by atoms with Crippen LogP contribution in [0.3, 0.4) is 0 Å². The van der Waals surface area contributed by atoms with E-state index >= 15 is 0 Å². The van der Waals surface area contributed by atoms with Crippen molar-refractivity contribution in [3.8, 4) is 0 Å². The Bertz CT molecular complexity index is 741. The van der Waals surface area contributed by atoms with E-state index in [2.05, 4.69) is 15.9 Å². The van der Waals surface area contributed by atoms with Crippen LogP contribution in [-0.4, -0.2) is 16.0 Å². The third-order valence-corrected chi connectivity index (χ3v) is 4.66. The Labute approximate surface area is 141 Å². The first-order valence-electron chi connectivity index (χ1n) is 6.68. The minimum atomic E-state index is -0.234. The zero-order valence-electron chi connectivity index (χ0n) is 11.5. The number of thioether (sulfide) groups is 1. The van der Waals surface area contributed by atoms with E-state index in [4.69, 9.17) is 0 Å². The van der Waals surface area contributed by atoms with Gasteiger partial charge in [-0.25, -0.2) is 0 Å². The number of carbonyl (C=O) groups excluding carboxylic acids is 2. The summed E-state index contributed by atoms with van der Waals surface area (Å²) in [6, 6.07) is 17.1. The highest BCUT2D eigenvalue weighted by Crippen LogP contribution is 2.33. The van der Waals surface area contributed by atoms with Gasteiger partial charge in [0, 0.05) is 4.47 Å². The molecule has 0 spiro atoms. The average Bonchev–Trinajstić information content (AvgIpc) is 2.78. The predicted molar refractivity (Wildman–Crippen MR) is 92.1 cm³/mol. The molecule has 1 aliphatic heterocycles. The van der Waals surface area contributed by atoms with E-state index in [1.165, 1.54) is 4.90 Å². The summed E-state index contributed by atoms with van der Waals surface area (Å²) in [6.45, 7) is 0.309.